The molecule has 174 valence electrons. The first-order valence-corrected chi connectivity index (χ1v) is 11.8. The second-order valence-corrected chi connectivity index (χ2v) is 12.7. The monoisotopic (exact) mass is 411 g/mol. The fourth-order valence-electron chi connectivity index (χ4n) is 6.06. The Kier molecular flexibility index (Phi) is 8.84. The second kappa shape index (κ2) is 9.54. The SMILES string of the molecule is CC1CC(C)(C)N(C)C(C)(C)C1.CCC(O)CN(C)C1CC(C)(C)NC(C)(C)C1. The van der Waals surface area contributed by atoms with Crippen molar-refractivity contribution in [2.24, 2.45) is 5.92 Å². The van der Waals surface area contributed by atoms with Crippen LogP contribution in [0.15, 0.2) is 0 Å². The summed E-state index contributed by atoms with van der Waals surface area (Å²) >= 11 is 0. The average Bonchev–Trinajstić information content (AvgIpc) is 2.49. The molecule has 2 aliphatic heterocycles. The molecule has 2 fully saturated rings. The predicted molar refractivity (Wildman–Crippen MR) is 128 cm³/mol. The van der Waals surface area contributed by atoms with Gasteiger partial charge in [0.15, 0.2) is 0 Å². The van der Waals surface area contributed by atoms with Gasteiger partial charge in [-0.25, -0.2) is 0 Å². The Morgan fingerprint density at radius 3 is 1.72 bits per heavy atom. The molecule has 29 heavy (non-hydrogen) atoms. The Labute approximate surface area is 182 Å². The maximum Gasteiger partial charge on any atom is 0.0664 e. The van der Waals surface area contributed by atoms with E-state index in [0.29, 0.717) is 17.1 Å². The Bertz CT molecular complexity index is 478. The van der Waals surface area contributed by atoms with E-state index in [4.69, 9.17) is 0 Å². The number of piperidine rings is 2. The zero-order valence-electron chi connectivity index (χ0n) is 21.8. The number of nitrogens with zero attached hydrogens (tertiary/aromatic N) is 2. The first-order valence-electron chi connectivity index (χ1n) is 11.8. The van der Waals surface area contributed by atoms with Crippen molar-refractivity contribution in [3.63, 3.8) is 0 Å². The van der Waals surface area contributed by atoms with Crippen LogP contribution in [0.25, 0.3) is 0 Å². The van der Waals surface area contributed by atoms with Crippen molar-refractivity contribution in [3.05, 3.63) is 0 Å². The van der Waals surface area contributed by atoms with Gasteiger partial charge in [-0.3, -0.25) is 4.90 Å². The second-order valence-electron chi connectivity index (χ2n) is 12.7. The predicted octanol–water partition coefficient (Wildman–Crippen LogP) is 4.90. The number of hydrogen-bond acceptors (Lipinski definition) is 4. The van der Waals surface area contributed by atoms with Gasteiger partial charge in [-0.15, -0.1) is 0 Å². The third-order valence-electron chi connectivity index (χ3n) is 7.27. The summed E-state index contributed by atoms with van der Waals surface area (Å²) in [6.07, 6.45) is 5.58. The van der Waals surface area contributed by atoms with Gasteiger partial charge in [0.25, 0.3) is 0 Å². The Morgan fingerprint density at radius 2 is 1.34 bits per heavy atom. The molecule has 2 rings (SSSR count). The maximum atomic E-state index is 9.76. The molecule has 0 radical (unpaired) electrons. The van der Waals surface area contributed by atoms with Gasteiger partial charge < -0.3 is 15.3 Å². The highest BCUT2D eigenvalue weighted by atomic mass is 16.3. The molecule has 0 aromatic heterocycles. The van der Waals surface area contributed by atoms with Crippen LogP contribution >= 0.6 is 0 Å². The molecule has 0 aliphatic carbocycles. The van der Waals surface area contributed by atoms with Gasteiger partial charge in [-0.1, -0.05) is 13.8 Å². The Hall–Kier alpha value is -0.160. The van der Waals surface area contributed by atoms with Gasteiger partial charge in [-0.2, -0.15) is 0 Å². The highest BCUT2D eigenvalue weighted by molar-refractivity contribution is 5.00. The molecular weight excluding hydrogens is 358 g/mol. The van der Waals surface area contributed by atoms with E-state index in [1.54, 1.807) is 0 Å². The number of likely N-dealkylation sites (N-methyl/N-ethyl adjacent to an activating group) is 1. The standard InChI is InChI=1S/C14H30N2O.C11H23N/c1-7-12(17)10-16(6)11-8-13(2,3)15-14(4,5)9-11;1-9-7-10(2,3)12(6)11(4,5)8-9/h11-12,15,17H,7-10H2,1-6H3;9H,7-8H2,1-6H3. The van der Waals surface area contributed by atoms with Crippen LogP contribution in [-0.2, 0) is 0 Å². The maximum absolute atomic E-state index is 9.76. The molecule has 0 spiro atoms. The van der Waals surface area contributed by atoms with Gasteiger partial charge in [0, 0.05) is 34.7 Å². The number of nitrogens with one attached hydrogen (secondary N) is 1. The summed E-state index contributed by atoms with van der Waals surface area (Å²) in [6, 6.07) is 0.558. The Balaban J connectivity index is 0.000000308. The van der Waals surface area contributed by atoms with Crippen molar-refractivity contribution in [3.8, 4) is 0 Å². The Morgan fingerprint density at radius 1 is 0.931 bits per heavy atom. The molecule has 4 heteroatoms. The number of aliphatic hydroxyl groups excluding tert-OH is 1. The number of rotatable bonds is 4. The van der Waals surface area contributed by atoms with Crippen molar-refractivity contribution in [2.75, 3.05) is 20.6 Å². The van der Waals surface area contributed by atoms with Gasteiger partial charge >= 0.3 is 0 Å². The van der Waals surface area contributed by atoms with Gasteiger partial charge in [0.1, 0.15) is 0 Å². The molecule has 2 aliphatic rings. The minimum absolute atomic E-state index is 0.178. The number of likely N-dealkylation sites (tertiary alicyclic amines) is 1. The first kappa shape index (κ1) is 26.9. The smallest absolute Gasteiger partial charge is 0.0664 e. The highest BCUT2D eigenvalue weighted by Gasteiger charge is 2.41. The van der Waals surface area contributed by atoms with E-state index in [2.05, 4.69) is 91.5 Å². The summed E-state index contributed by atoms with van der Waals surface area (Å²) in [7, 11) is 4.40. The van der Waals surface area contributed by atoms with Crippen LogP contribution in [0, 0.1) is 5.92 Å². The van der Waals surface area contributed by atoms with Crippen LogP contribution in [0.1, 0.15) is 101 Å². The fraction of sp³-hybridized carbons (Fsp3) is 1.00. The average molecular weight is 412 g/mol. The lowest BCUT2D eigenvalue weighted by Gasteiger charge is -2.53. The summed E-state index contributed by atoms with van der Waals surface area (Å²) in [6.45, 7) is 23.7. The summed E-state index contributed by atoms with van der Waals surface area (Å²) in [5, 5.41) is 13.5. The molecule has 0 aromatic rings. The molecule has 4 nitrogen and oxygen atoms in total. The van der Waals surface area contributed by atoms with Crippen molar-refractivity contribution in [1.29, 1.82) is 0 Å². The summed E-state index contributed by atoms with van der Waals surface area (Å²) < 4.78 is 0. The van der Waals surface area contributed by atoms with Crippen molar-refractivity contribution < 1.29 is 5.11 Å². The van der Waals surface area contributed by atoms with E-state index in [0.717, 1.165) is 31.7 Å². The lowest BCUT2D eigenvalue weighted by molar-refractivity contribution is -0.0255. The van der Waals surface area contributed by atoms with E-state index >= 15 is 0 Å². The minimum atomic E-state index is -0.193. The molecule has 2 heterocycles. The van der Waals surface area contributed by atoms with Gasteiger partial charge in [-0.05, 0) is 108 Å². The lowest BCUT2D eigenvalue weighted by atomic mass is 9.75. The minimum Gasteiger partial charge on any atom is -0.392 e. The van der Waals surface area contributed by atoms with Gasteiger partial charge in [0.2, 0.25) is 0 Å². The third kappa shape index (κ3) is 8.12. The van der Waals surface area contributed by atoms with Crippen molar-refractivity contribution >= 4 is 0 Å². The number of aliphatic hydroxyl groups is 1. The zero-order chi connectivity index (χ0) is 22.8. The zero-order valence-corrected chi connectivity index (χ0v) is 21.8. The van der Waals surface area contributed by atoms with Crippen LogP contribution in [0.2, 0.25) is 0 Å². The largest absolute Gasteiger partial charge is 0.392 e. The van der Waals surface area contributed by atoms with E-state index < -0.39 is 0 Å². The summed E-state index contributed by atoms with van der Waals surface area (Å²) in [4.78, 5) is 4.86. The van der Waals surface area contributed by atoms with E-state index in [-0.39, 0.29) is 17.2 Å². The molecule has 0 saturated carbocycles. The molecule has 2 N–H and O–H groups in total. The van der Waals surface area contributed by atoms with E-state index in [9.17, 15) is 5.11 Å². The molecule has 0 aromatic carbocycles. The van der Waals surface area contributed by atoms with Crippen LogP contribution in [0.3, 0.4) is 0 Å². The third-order valence-corrected chi connectivity index (χ3v) is 7.27. The van der Waals surface area contributed by atoms with Crippen molar-refractivity contribution in [2.45, 2.75) is 136 Å². The number of hydrogen-bond donors (Lipinski definition) is 2. The molecule has 0 bridgehead atoms. The normalized spacial score (nSPS) is 27.9. The first-order chi connectivity index (χ1) is 12.9. The molecule has 2 saturated heterocycles. The van der Waals surface area contributed by atoms with E-state index in [1.165, 1.54) is 12.8 Å². The molecule has 1 atom stereocenters. The van der Waals surface area contributed by atoms with Crippen LogP contribution in [0.4, 0.5) is 0 Å². The van der Waals surface area contributed by atoms with Crippen LogP contribution in [0.5, 0.6) is 0 Å². The quantitative estimate of drug-likeness (QED) is 0.690. The van der Waals surface area contributed by atoms with Crippen molar-refractivity contribution in [1.82, 2.24) is 15.1 Å². The highest BCUT2D eigenvalue weighted by Crippen LogP contribution is 2.39. The molecule has 1 unspecified atom stereocenters. The van der Waals surface area contributed by atoms with Gasteiger partial charge in [0.05, 0.1) is 6.10 Å². The van der Waals surface area contributed by atoms with E-state index in [1.807, 2.05) is 6.92 Å². The van der Waals surface area contributed by atoms with Crippen LogP contribution in [-0.4, -0.2) is 69.8 Å². The summed E-state index contributed by atoms with van der Waals surface area (Å²) in [5.74, 6) is 0.867. The van der Waals surface area contributed by atoms with Crippen LogP contribution < -0.4 is 5.32 Å². The topological polar surface area (TPSA) is 38.7 Å². The molecular formula is C25H53N3O. The summed E-state index contributed by atoms with van der Waals surface area (Å²) in [5.41, 5.74) is 1.11. The fourth-order valence-corrected chi connectivity index (χ4v) is 6.06. The lowest BCUT2D eigenvalue weighted by Crippen LogP contribution is -2.62. The molecule has 0 amide bonds.